The third kappa shape index (κ3) is 2.66. The number of hydrogen-bond acceptors (Lipinski definition) is 6. The van der Waals surface area contributed by atoms with E-state index in [0.717, 1.165) is 15.8 Å². The number of amides is 1. The summed E-state index contributed by atoms with van der Waals surface area (Å²) in [5, 5.41) is 29.4. The lowest BCUT2D eigenvalue weighted by Gasteiger charge is -2.19. The van der Waals surface area contributed by atoms with Crippen molar-refractivity contribution in [1.29, 1.82) is 0 Å². The minimum absolute atomic E-state index is 0.288. The summed E-state index contributed by atoms with van der Waals surface area (Å²) in [4.78, 5) is 25.3. The Kier molecular flexibility index (Phi) is 4.01. The van der Waals surface area contributed by atoms with Crippen LogP contribution in [0.15, 0.2) is 47.0 Å². The van der Waals surface area contributed by atoms with Crippen LogP contribution in [0.2, 0.25) is 0 Å². The number of fused-ring (bicyclic) bond motifs is 1. The smallest absolute Gasteiger partial charge is 0.306 e. The van der Waals surface area contributed by atoms with Crippen LogP contribution >= 0.6 is 0 Å². The molecule has 4 rings (SSSR count). The minimum atomic E-state index is -2.07. The molecule has 2 N–H and O–H groups in total. The van der Waals surface area contributed by atoms with Crippen molar-refractivity contribution in [3.05, 3.63) is 64.8 Å². The monoisotopic (exact) mass is 379 g/mol. The van der Waals surface area contributed by atoms with E-state index in [1.54, 1.807) is 30.3 Å². The van der Waals surface area contributed by atoms with Crippen molar-refractivity contribution in [3.8, 4) is 11.6 Å². The van der Waals surface area contributed by atoms with Crippen molar-refractivity contribution in [2.24, 2.45) is 0 Å². The van der Waals surface area contributed by atoms with Crippen LogP contribution in [-0.4, -0.2) is 22.1 Å². The Labute approximate surface area is 160 Å². The van der Waals surface area contributed by atoms with Gasteiger partial charge < -0.3 is 20.1 Å². The average molecular weight is 379 g/mol. The molecule has 0 radical (unpaired) electrons. The molecule has 0 saturated heterocycles. The van der Waals surface area contributed by atoms with Gasteiger partial charge in [0.15, 0.2) is 11.5 Å². The van der Waals surface area contributed by atoms with Crippen LogP contribution in [0.3, 0.4) is 0 Å². The molecule has 142 valence electrons. The molecule has 1 aliphatic rings. The molecule has 0 fully saturated rings. The molecule has 1 unspecified atom stereocenters. The highest BCUT2D eigenvalue weighted by atomic mass is 16.6. The summed E-state index contributed by atoms with van der Waals surface area (Å²) in [6.45, 7) is 3.68. The van der Waals surface area contributed by atoms with Gasteiger partial charge in [-0.2, -0.15) is 0 Å². The topological polar surface area (TPSA) is 119 Å². The Bertz CT molecular complexity index is 1120. The van der Waals surface area contributed by atoms with Gasteiger partial charge in [0, 0.05) is 22.9 Å². The molecule has 2 aromatic carbocycles. The molecule has 3 aromatic rings. The fraction of sp³-hybridized carbons (Fsp3) is 0.200. The quantitative estimate of drug-likeness (QED) is 0.517. The molecule has 2 heterocycles. The number of hydrogen-bond donors (Lipinski definition) is 2. The maximum Gasteiger partial charge on any atom is 0.306 e. The van der Waals surface area contributed by atoms with Gasteiger partial charge in [-0.3, -0.25) is 9.59 Å². The Morgan fingerprint density at radius 2 is 2.04 bits per heavy atom. The predicted octanol–water partition coefficient (Wildman–Crippen LogP) is 1.05. The van der Waals surface area contributed by atoms with Gasteiger partial charge in [-0.05, 0) is 30.2 Å². The second-order valence-electron chi connectivity index (χ2n) is 6.87. The molecule has 8 heteroatoms. The lowest BCUT2D eigenvalue weighted by atomic mass is 9.89. The fourth-order valence-corrected chi connectivity index (χ4v) is 3.38. The van der Waals surface area contributed by atoms with Crippen molar-refractivity contribution in [3.63, 3.8) is 0 Å². The maximum atomic E-state index is 13.0. The summed E-state index contributed by atoms with van der Waals surface area (Å²) < 4.78 is 5.83. The van der Waals surface area contributed by atoms with Gasteiger partial charge in [0.25, 0.3) is 5.91 Å². The number of benzene rings is 2. The molecule has 1 aliphatic heterocycles. The first-order valence-electron chi connectivity index (χ1n) is 8.64. The fourth-order valence-electron chi connectivity index (χ4n) is 3.38. The molecular formula is C20H17N3O5. The zero-order valence-electron chi connectivity index (χ0n) is 15.2. The number of aryl methyl sites for hydroxylation is 2. The summed E-state index contributed by atoms with van der Waals surface area (Å²) in [7, 11) is 0. The summed E-state index contributed by atoms with van der Waals surface area (Å²) >= 11 is 0. The summed E-state index contributed by atoms with van der Waals surface area (Å²) in [6, 6.07) is 12.0. The van der Waals surface area contributed by atoms with Crippen LogP contribution < -0.4 is 15.1 Å². The number of aromatic nitrogens is 2. The normalized spacial score (nSPS) is 18.0. The van der Waals surface area contributed by atoms with Crippen LogP contribution in [0, 0.1) is 13.8 Å². The van der Waals surface area contributed by atoms with Crippen molar-refractivity contribution in [1.82, 2.24) is 5.27 Å². The van der Waals surface area contributed by atoms with E-state index in [1.165, 1.54) is 0 Å². The van der Waals surface area contributed by atoms with E-state index in [9.17, 15) is 19.8 Å². The Balaban J connectivity index is 1.76. The van der Waals surface area contributed by atoms with E-state index < -0.39 is 29.7 Å². The molecule has 1 aromatic heterocycles. The molecule has 28 heavy (non-hydrogen) atoms. The van der Waals surface area contributed by atoms with Crippen molar-refractivity contribution >= 4 is 17.4 Å². The Morgan fingerprint density at radius 3 is 2.82 bits per heavy atom. The second-order valence-corrected chi connectivity index (χ2v) is 6.87. The van der Waals surface area contributed by atoms with Crippen LogP contribution in [-0.2, 0) is 10.4 Å². The number of nitrogens with zero attached hydrogens (tertiary/aromatic N) is 2. The maximum absolute atomic E-state index is 13.0. The van der Waals surface area contributed by atoms with E-state index in [-0.39, 0.29) is 11.3 Å². The zero-order chi connectivity index (χ0) is 20.1. The SMILES string of the molecule is Cc1ccc(C)c(-[n+]2noc([O-])c2C(=O)CC2(O)C(=O)Nc3ccccc32)c1. The van der Waals surface area contributed by atoms with Crippen LogP contribution in [0.4, 0.5) is 5.69 Å². The molecule has 0 bridgehead atoms. The number of rotatable bonds is 4. The largest absolute Gasteiger partial charge is 0.539 e. The molecular weight excluding hydrogens is 362 g/mol. The second kappa shape index (κ2) is 6.28. The van der Waals surface area contributed by atoms with E-state index in [0.29, 0.717) is 11.4 Å². The van der Waals surface area contributed by atoms with Gasteiger partial charge in [0.05, 0.1) is 11.7 Å². The number of para-hydroxylation sites is 1. The standard InChI is InChI=1S/C20H17N3O5/c1-11-7-8-12(2)15(9-11)23-17(18(25)28-22-23)16(24)10-20(27)13-5-3-4-6-14(13)21-19(20)26/h3-9,27H,10H2,1-2H3,(H-,21,22,24,25,26). The van der Waals surface area contributed by atoms with Gasteiger partial charge >= 0.3 is 5.69 Å². The highest BCUT2D eigenvalue weighted by Crippen LogP contribution is 2.39. The first kappa shape index (κ1) is 17.9. The van der Waals surface area contributed by atoms with Gasteiger partial charge in [-0.15, -0.1) is 0 Å². The molecule has 1 atom stereocenters. The summed E-state index contributed by atoms with van der Waals surface area (Å²) in [5.74, 6) is -2.40. The van der Waals surface area contributed by atoms with Gasteiger partial charge in [-0.1, -0.05) is 30.3 Å². The number of carbonyl (C=O) groups excluding carboxylic acids is 2. The Morgan fingerprint density at radius 1 is 1.29 bits per heavy atom. The van der Waals surface area contributed by atoms with Crippen LogP contribution in [0.5, 0.6) is 5.95 Å². The average Bonchev–Trinajstić information content (AvgIpc) is 3.15. The highest BCUT2D eigenvalue weighted by Gasteiger charge is 2.48. The van der Waals surface area contributed by atoms with Crippen molar-refractivity contribution in [2.75, 3.05) is 5.32 Å². The summed E-state index contributed by atoms with van der Waals surface area (Å²) in [6.07, 6.45) is -0.614. The number of anilines is 1. The lowest BCUT2D eigenvalue weighted by molar-refractivity contribution is -0.672. The van der Waals surface area contributed by atoms with Crippen LogP contribution in [0.25, 0.3) is 5.69 Å². The molecule has 8 nitrogen and oxygen atoms in total. The van der Waals surface area contributed by atoms with Gasteiger partial charge in [0.1, 0.15) is 0 Å². The first-order valence-corrected chi connectivity index (χ1v) is 8.64. The van der Waals surface area contributed by atoms with Crippen LogP contribution in [0.1, 0.15) is 33.6 Å². The first-order chi connectivity index (χ1) is 13.3. The number of Topliss-reactive ketones (excluding diaryl/α,β-unsaturated/α-hetero) is 1. The molecule has 1 amide bonds. The van der Waals surface area contributed by atoms with E-state index in [4.69, 9.17) is 4.52 Å². The van der Waals surface area contributed by atoms with E-state index in [2.05, 4.69) is 10.6 Å². The molecule has 0 spiro atoms. The predicted molar refractivity (Wildman–Crippen MR) is 94.9 cm³/mol. The van der Waals surface area contributed by atoms with Gasteiger partial charge in [0.2, 0.25) is 11.5 Å². The highest BCUT2D eigenvalue weighted by molar-refractivity contribution is 6.09. The van der Waals surface area contributed by atoms with Crippen molar-refractivity contribution < 1.29 is 29.0 Å². The Hall–Kier alpha value is -3.52. The number of ketones is 1. The number of aliphatic hydroxyl groups is 1. The summed E-state index contributed by atoms with van der Waals surface area (Å²) in [5.41, 5.74) is 0.493. The lowest BCUT2D eigenvalue weighted by Crippen LogP contribution is -2.43. The third-order valence-electron chi connectivity index (χ3n) is 4.88. The number of nitrogens with one attached hydrogen (secondary N) is 1. The molecule has 0 aliphatic carbocycles. The van der Waals surface area contributed by atoms with E-state index >= 15 is 0 Å². The minimum Gasteiger partial charge on any atom is -0.539 e. The van der Waals surface area contributed by atoms with E-state index in [1.807, 2.05) is 26.0 Å². The third-order valence-corrected chi connectivity index (χ3v) is 4.88. The van der Waals surface area contributed by atoms with Gasteiger partial charge in [-0.25, -0.2) is 0 Å². The number of carbonyl (C=O) groups is 2. The van der Waals surface area contributed by atoms with Crippen molar-refractivity contribution in [2.45, 2.75) is 25.9 Å². The molecule has 0 saturated carbocycles. The zero-order valence-corrected chi connectivity index (χ0v) is 15.2.